The van der Waals surface area contributed by atoms with E-state index >= 15 is 0 Å². The highest BCUT2D eigenvalue weighted by Crippen LogP contribution is 2.35. The Morgan fingerprint density at radius 1 is 1.17 bits per heavy atom. The zero-order valence-corrected chi connectivity index (χ0v) is 22.8. The number of carbonyl (C=O) groups excluding carboxylic acids is 1. The number of nitrogen functional groups attached to an aromatic ring is 1. The van der Waals surface area contributed by atoms with Crippen LogP contribution < -0.4 is 10.5 Å². The fourth-order valence-corrected chi connectivity index (χ4v) is 5.91. The van der Waals surface area contributed by atoms with Crippen LogP contribution in [0, 0.1) is 5.82 Å². The molecule has 42 heavy (non-hydrogen) atoms. The molecule has 15 heteroatoms. The normalized spacial score (nSPS) is 16.1. The number of amides is 1. The summed E-state index contributed by atoms with van der Waals surface area (Å²) in [5.41, 5.74) is 6.67. The van der Waals surface area contributed by atoms with Gasteiger partial charge >= 0.3 is 6.18 Å². The first kappa shape index (κ1) is 29.1. The van der Waals surface area contributed by atoms with E-state index in [9.17, 15) is 30.8 Å². The van der Waals surface area contributed by atoms with Gasteiger partial charge in [-0.15, -0.1) is 0 Å². The number of hydrogen-bond acceptors (Lipinski definition) is 7. The molecule has 1 aliphatic rings. The minimum Gasteiger partial charge on any atom is -0.383 e. The lowest BCUT2D eigenvalue weighted by atomic mass is 10.1. The van der Waals surface area contributed by atoms with Crippen molar-refractivity contribution in [2.75, 3.05) is 18.8 Å². The summed E-state index contributed by atoms with van der Waals surface area (Å²) in [6.07, 6.45) is -0.907. The number of alkyl halides is 3. The number of piperidine rings is 1. The van der Waals surface area contributed by atoms with E-state index in [0.29, 0.717) is 47.0 Å². The first-order chi connectivity index (χ1) is 19.9. The second-order valence-corrected chi connectivity index (χ2v) is 11.5. The molecule has 0 radical (unpaired) electrons. The number of likely N-dealkylation sites (tertiary alicyclic amines) is 1. The number of benzene rings is 2. The SMILES string of the molecule is C=CC(=O)N1CCC[C@@H](n2nc(-c3ccc(CNS(=O)(=O)c4ccc(F)c(C(F)(F)F)c4)cc3)c3c(N)ncnc32)C1. The standard InChI is InChI=1S/C27H25F4N7O3S/c1-2-22(39)37-11-3-4-18(14-37)38-26-23(25(32)33-15-34-26)24(36-38)17-7-5-16(6-8-17)13-35-42(40,41)19-9-10-21(28)20(12-19)27(29,30)31/h2,5-10,12,15,18,35H,1,3-4,11,13-14H2,(H2,32,33,34)/t18-/m1/s1. The Hall–Kier alpha value is -4.37. The van der Waals surface area contributed by atoms with Crippen molar-refractivity contribution < 1.29 is 30.8 Å². The summed E-state index contributed by atoms with van der Waals surface area (Å²) < 4.78 is 82.0. The first-order valence-corrected chi connectivity index (χ1v) is 14.2. The van der Waals surface area contributed by atoms with Crippen LogP contribution in [0.3, 0.4) is 0 Å². The molecule has 2 aromatic carbocycles. The van der Waals surface area contributed by atoms with Gasteiger partial charge in [-0.3, -0.25) is 4.79 Å². The average molecular weight is 604 g/mol. The van der Waals surface area contributed by atoms with Crippen molar-refractivity contribution in [1.82, 2.24) is 29.4 Å². The third kappa shape index (κ3) is 5.69. The molecule has 1 atom stereocenters. The first-order valence-electron chi connectivity index (χ1n) is 12.7. The van der Waals surface area contributed by atoms with Crippen LogP contribution in [0.25, 0.3) is 22.3 Å². The maximum absolute atomic E-state index is 13.6. The summed E-state index contributed by atoms with van der Waals surface area (Å²) in [5.74, 6) is -1.52. The van der Waals surface area contributed by atoms with Crippen molar-refractivity contribution in [3.8, 4) is 11.3 Å². The van der Waals surface area contributed by atoms with Gasteiger partial charge in [-0.25, -0.2) is 32.2 Å². The van der Waals surface area contributed by atoms with E-state index in [-0.39, 0.29) is 30.4 Å². The molecule has 1 aliphatic heterocycles. The molecule has 2 aromatic heterocycles. The van der Waals surface area contributed by atoms with Gasteiger partial charge in [0.15, 0.2) is 5.65 Å². The predicted octanol–water partition coefficient (Wildman–Crippen LogP) is 4.06. The van der Waals surface area contributed by atoms with Gasteiger partial charge in [0.1, 0.15) is 23.7 Å². The highest BCUT2D eigenvalue weighted by atomic mass is 32.2. The van der Waals surface area contributed by atoms with Crippen LogP contribution in [0.5, 0.6) is 0 Å². The van der Waals surface area contributed by atoms with Crippen molar-refractivity contribution in [2.24, 2.45) is 0 Å². The van der Waals surface area contributed by atoms with Gasteiger partial charge in [0.25, 0.3) is 0 Å². The third-order valence-electron chi connectivity index (χ3n) is 6.99. The minimum absolute atomic E-state index is 0.161. The Bertz CT molecular complexity index is 1770. The maximum atomic E-state index is 13.6. The van der Waals surface area contributed by atoms with Gasteiger partial charge in [0.05, 0.1) is 21.9 Å². The van der Waals surface area contributed by atoms with Crippen LogP contribution in [-0.4, -0.2) is 52.1 Å². The lowest BCUT2D eigenvalue weighted by Crippen LogP contribution is -2.40. The highest BCUT2D eigenvalue weighted by Gasteiger charge is 2.35. The van der Waals surface area contributed by atoms with Gasteiger partial charge in [-0.1, -0.05) is 30.8 Å². The zero-order valence-electron chi connectivity index (χ0n) is 22.0. The molecule has 0 spiro atoms. The van der Waals surface area contributed by atoms with Crippen molar-refractivity contribution in [3.63, 3.8) is 0 Å². The van der Waals surface area contributed by atoms with E-state index in [2.05, 4.69) is 21.3 Å². The summed E-state index contributed by atoms with van der Waals surface area (Å²) in [7, 11) is -4.38. The topological polar surface area (TPSA) is 136 Å². The molecule has 4 aromatic rings. The number of halogens is 4. The van der Waals surface area contributed by atoms with Crippen LogP contribution in [0.2, 0.25) is 0 Å². The van der Waals surface area contributed by atoms with Crippen LogP contribution in [0.1, 0.15) is 30.0 Å². The summed E-state index contributed by atoms with van der Waals surface area (Å²) in [6.45, 7) is 4.35. The fraction of sp³-hybridized carbons (Fsp3) is 0.259. The summed E-state index contributed by atoms with van der Waals surface area (Å²) >= 11 is 0. The Kier molecular flexibility index (Phi) is 7.72. The number of aromatic nitrogens is 4. The molecule has 0 unspecified atom stereocenters. The molecule has 0 saturated carbocycles. The molecule has 5 rings (SSSR count). The monoisotopic (exact) mass is 603 g/mol. The van der Waals surface area contributed by atoms with Gasteiger partial charge < -0.3 is 10.6 Å². The molecule has 3 heterocycles. The third-order valence-corrected chi connectivity index (χ3v) is 8.39. The highest BCUT2D eigenvalue weighted by molar-refractivity contribution is 7.89. The zero-order chi connectivity index (χ0) is 30.2. The Labute approximate surface area is 237 Å². The average Bonchev–Trinajstić information content (AvgIpc) is 3.36. The summed E-state index contributed by atoms with van der Waals surface area (Å²) in [6, 6.07) is 7.96. The lowest BCUT2D eigenvalue weighted by Gasteiger charge is -2.32. The molecular weight excluding hydrogens is 578 g/mol. The number of nitrogens with one attached hydrogen (secondary N) is 1. The number of nitrogens with zero attached hydrogens (tertiary/aromatic N) is 5. The molecule has 1 saturated heterocycles. The fourth-order valence-electron chi connectivity index (χ4n) is 4.87. The van der Waals surface area contributed by atoms with Gasteiger partial charge in [0, 0.05) is 25.2 Å². The van der Waals surface area contributed by atoms with Crippen LogP contribution in [0.15, 0.2) is 66.3 Å². The minimum atomic E-state index is -5.05. The van der Waals surface area contributed by atoms with E-state index < -0.39 is 32.5 Å². The van der Waals surface area contributed by atoms with E-state index in [1.807, 2.05) is 0 Å². The van der Waals surface area contributed by atoms with Crippen LogP contribution in [0.4, 0.5) is 23.4 Å². The van der Waals surface area contributed by atoms with Crippen LogP contribution in [-0.2, 0) is 27.5 Å². The second-order valence-electron chi connectivity index (χ2n) is 9.70. The molecule has 1 fully saturated rings. The Morgan fingerprint density at radius 2 is 1.90 bits per heavy atom. The van der Waals surface area contributed by atoms with E-state index in [4.69, 9.17) is 10.8 Å². The predicted molar refractivity (Wildman–Crippen MR) is 146 cm³/mol. The lowest BCUT2D eigenvalue weighted by molar-refractivity contribution is -0.140. The molecule has 0 aliphatic carbocycles. The molecule has 0 bridgehead atoms. The summed E-state index contributed by atoms with van der Waals surface area (Å²) in [5, 5.41) is 5.31. The smallest absolute Gasteiger partial charge is 0.383 e. The molecule has 1 amide bonds. The van der Waals surface area contributed by atoms with E-state index in [0.717, 1.165) is 18.9 Å². The van der Waals surface area contributed by atoms with Crippen molar-refractivity contribution in [2.45, 2.75) is 36.5 Å². The van der Waals surface area contributed by atoms with Crippen molar-refractivity contribution in [1.29, 1.82) is 0 Å². The van der Waals surface area contributed by atoms with Gasteiger partial charge in [-0.05, 0) is 42.7 Å². The summed E-state index contributed by atoms with van der Waals surface area (Å²) in [4.78, 5) is 21.7. The number of carbonyl (C=O) groups is 1. The number of sulfonamides is 1. The second kappa shape index (κ2) is 11.1. The Morgan fingerprint density at radius 3 is 2.60 bits per heavy atom. The number of hydrogen-bond donors (Lipinski definition) is 2. The van der Waals surface area contributed by atoms with Crippen LogP contribution >= 0.6 is 0 Å². The maximum Gasteiger partial charge on any atom is 0.419 e. The van der Waals surface area contributed by atoms with Crippen molar-refractivity contribution in [3.05, 3.63) is 78.4 Å². The number of fused-ring (bicyclic) bond motifs is 1. The van der Waals surface area contributed by atoms with Gasteiger partial charge in [-0.2, -0.15) is 18.3 Å². The molecule has 220 valence electrons. The van der Waals surface area contributed by atoms with E-state index in [1.54, 1.807) is 33.8 Å². The number of anilines is 1. The number of nitrogens with two attached hydrogens (primary N) is 1. The van der Waals surface area contributed by atoms with E-state index in [1.165, 1.54) is 12.4 Å². The molecule has 10 nitrogen and oxygen atoms in total. The number of rotatable bonds is 7. The molecule has 3 N–H and O–H groups in total. The Balaban J connectivity index is 1.39. The molecular formula is C27H25F4N7O3S. The van der Waals surface area contributed by atoms with Gasteiger partial charge in [0.2, 0.25) is 15.9 Å². The largest absolute Gasteiger partial charge is 0.419 e. The quantitative estimate of drug-likeness (QED) is 0.240. The van der Waals surface area contributed by atoms with Crippen molar-refractivity contribution >= 4 is 32.8 Å².